The van der Waals surface area contributed by atoms with Gasteiger partial charge < -0.3 is 5.32 Å². The molecule has 1 atom stereocenters. The number of amides is 1. The summed E-state index contributed by atoms with van der Waals surface area (Å²) in [4.78, 5) is 12.4. The van der Waals surface area contributed by atoms with Crippen molar-refractivity contribution in [3.8, 4) is 0 Å². The first-order valence-corrected chi connectivity index (χ1v) is 11.5. The summed E-state index contributed by atoms with van der Waals surface area (Å²) < 4.78 is 28.8. The minimum atomic E-state index is -3.75. The fourth-order valence-electron chi connectivity index (χ4n) is 2.81. The lowest BCUT2D eigenvalue weighted by Gasteiger charge is -2.21. The predicted octanol–water partition coefficient (Wildman–Crippen LogP) is 4.43. The second kappa shape index (κ2) is 9.39. The molecule has 0 radical (unpaired) electrons. The van der Waals surface area contributed by atoms with Crippen molar-refractivity contribution in [2.24, 2.45) is 5.92 Å². The standard InChI is InChI=1S/C20H26N2O3S2/c1-14(2)12-18(16-8-6-5-7-9-16)22-27(24,25)17-10-11-20(26-4)19(13-17)21-15(3)23/h5-11,13-14,18,22H,12H2,1-4H3,(H,21,23)/t18-/m0/s1. The molecule has 0 bridgehead atoms. The van der Waals surface area contributed by atoms with Gasteiger partial charge in [-0.15, -0.1) is 11.8 Å². The molecule has 0 saturated heterocycles. The summed E-state index contributed by atoms with van der Waals surface area (Å²) in [6.45, 7) is 5.52. The molecule has 0 aliphatic carbocycles. The smallest absolute Gasteiger partial charge is 0.241 e. The van der Waals surface area contributed by atoms with Crippen LogP contribution in [0.2, 0.25) is 0 Å². The molecule has 0 unspecified atom stereocenters. The zero-order chi connectivity index (χ0) is 20.0. The number of sulfonamides is 1. The van der Waals surface area contributed by atoms with Gasteiger partial charge in [-0.05, 0) is 42.4 Å². The molecule has 0 spiro atoms. The second-order valence-electron chi connectivity index (χ2n) is 6.76. The molecule has 2 aromatic rings. The predicted molar refractivity (Wildman–Crippen MR) is 111 cm³/mol. The van der Waals surface area contributed by atoms with Crippen LogP contribution in [-0.4, -0.2) is 20.6 Å². The van der Waals surface area contributed by atoms with Crippen LogP contribution in [0.25, 0.3) is 0 Å². The van der Waals surface area contributed by atoms with Crippen molar-refractivity contribution in [1.82, 2.24) is 4.72 Å². The average Bonchev–Trinajstić information content (AvgIpc) is 2.60. The quantitative estimate of drug-likeness (QED) is 0.636. The highest BCUT2D eigenvalue weighted by Gasteiger charge is 2.23. The lowest BCUT2D eigenvalue weighted by atomic mass is 9.98. The molecular formula is C20H26N2O3S2. The Hall–Kier alpha value is -1.83. The van der Waals surface area contributed by atoms with E-state index >= 15 is 0 Å². The number of thioether (sulfide) groups is 1. The Morgan fingerprint density at radius 2 is 1.78 bits per heavy atom. The van der Waals surface area contributed by atoms with Gasteiger partial charge in [0.15, 0.2) is 0 Å². The van der Waals surface area contributed by atoms with Gasteiger partial charge in [0.25, 0.3) is 0 Å². The summed E-state index contributed by atoms with van der Waals surface area (Å²) in [5.41, 5.74) is 1.43. The fraction of sp³-hybridized carbons (Fsp3) is 0.350. The first-order valence-electron chi connectivity index (χ1n) is 8.76. The van der Waals surface area contributed by atoms with Gasteiger partial charge in [-0.2, -0.15) is 0 Å². The molecular weight excluding hydrogens is 380 g/mol. The number of hydrogen-bond acceptors (Lipinski definition) is 4. The number of anilines is 1. The highest BCUT2D eigenvalue weighted by molar-refractivity contribution is 7.98. The van der Waals surface area contributed by atoms with Gasteiger partial charge in [-0.3, -0.25) is 4.79 Å². The highest BCUT2D eigenvalue weighted by Crippen LogP contribution is 2.30. The third kappa shape index (κ3) is 6.09. The number of benzene rings is 2. The van der Waals surface area contributed by atoms with Crippen LogP contribution < -0.4 is 10.0 Å². The fourth-order valence-corrected chi connectivity index (χ4v) is 4.60. The zero-order valence-electron chi connectivity index (χ0n) is 16.0. The van der Waals surface area contributed by atoms with Gasteiger partial charge in [-0.25, -0.2) is 13.1 Å². The molecule has 7 heteroatoms. The van der Waals surface area contributed by atoms with Crippen LogP contribution in [0.15, 0.2) is 58.3 Å². The van der Waals surface area contributed by atoms with Crippen LogP contribution in [0, 0.1) is 5.92 Å². The van der Waals surface area contributed by atoms with Crippen LogP contribution in [0.3, 0.4) is 0 Å². The zero-order valence-corrected chi connectivity index (χ0v) is 17.7. The lowest BCUT2D eigenvalue weighted by molar-refractivity contribution is -0.114. The van der Waals surface area contributed by atoms with Crippen LogP contribution in [0.4, 0.5) is 5.69 Å². The van der Waals surface area contributed by atoms with Crippen LogP contribution in [0.1, 0.15) is 38.8 Å². The van der Waals surface area contributed by atoms with Crippen molar-refractivity contribution in [2.75, 3.05) is 11.6 Å². The summed E-state index contributed by atoms with van der Waals surface area (Å²) in [6, 6.07) is 14.0. The summed E-state index contributed by atoms with van der Waals surface area (Å²) in [5, 5.41) is 2.70. The monoisotopic (exact) mass is 406 g/mol. The summed E-state index contributed by atoms with van der Waals surface area (Å²) >= 11 is 1.45. The van der Waals surface area contributed by atoms with Crippen molar-refractivity contribution in [3.63, 3.8) is 0 Å². The van der Waals surface area contributed by atoms with Crippen molar-refractivity contribution < 1.29 is 13.2 Å². The SMILES string of the molecule is CSc1ccc(S(=O)(=O)N[C@@H](CC(C)C)c2ccccc2)cc1NC(C)=O. The second-order valence-corrected chi connectivity index (χ2v) is 9.32. The maximum absolute atomic E-state index is 13.0. The van der Waals surface area contributed by atoms with E-state index in [1.165, 1.54) is 24.8 Å². The van der Waals surface area contributed by atoms with E-state index in [1.54, 1.807) is 12.1 Å². The van der Waals surface area contributed by atoms with Crippen molar-refractivity contribution in [1.29, 1.82) is 0 Å². The molecule has 27 heavy (non-hydrogen) atoms. The molecule has 2 rings (SSSR count). The average molecular weight is 407 g/mol. The number of carbonyl (C=O) groups is 1. The van der Waals surface area contributed by atoms with Crippen molar-refractivity contribution >= 4 is 33.4 Å². The van der Waals surface area contributed by atoms with E-state index in [4.69, 9.17) is 0 Å². The Morgan fingerprint density at radius 1 is 1.11 bits per heavy atom. The minimum Gasteiger partial charge on any atom is -0.325 e. The Labute approximate surface area is 166 Å². The number of rotatable bonds is 8. The lowest BCUT2D eigenvalue weighted by Crippen LogP contribution is -2.29. The Kier molecular flexibility index (Phi) is 7.47. The number of carbonyl (C=O) groups excluding carboxylic acids is 1. The highest BCUT2D eigenvalue weighted by atomic mass is 32.2. The van der Waals surface area contributed by atoms with Crippen molar-refractivity contribution in [2.45, 2.75) is 43.0 Å². The molecule has 0 fully saturated rings. The molecule has 0 aromatic heterocycles. The maximum atomic E-state index is 13.0. The van der Waals surface area contributed by atoms with Gasteiger partial charge in [0.05, 0.1) is 10.6 Å². The summed E-state index contributed by atoms with van der Waals surface area (Å²) in [6.07, 6.45) is 2.56. The maximum Gasteiger partial charge on any atom is 0.241 e. The molecule has 146 valence electrons. The topological polar surface area (TPSA) is 75.3 Å². The van der Waals surface area contributed by atoms with Gasteiger partial charge in [0.1, 0.15) is 0 Å². The molecule has 5 nitrogen and oxygen atoms in total. The van der Waals surface area contributed by atoms with Gasteiger partial charge >= 0.3 is 0 Å². The molecule has 0 saturated carbocycles. The Morgan fingerprint density at radius 3 is 2.33 bits per heavy atom. The van der Waals surface area contributed by atoms with Crippen LogP contribution in [-0.2, 0) is 14.8 Å². The Bertz CT molecular complexity index is 881. The largest absolute Gasteiger partial charge is 0.325 e. The normalized spacial score (nSPS) is 12.8. The first kappa shape index (κ1) is 21.5. The van der Waals surface area contributed by atoms with Crippen LogP contribution >= 0.6 is 11.8 Å². The number of nitrogens with one attached hydrogen (secondary N) is 2. The van der Waals surface area contributed by atoms with Crippen molar-refractivity contribution in [3.05, 3.63) is 54.1 Å². The third-order valence-corrected chi connectivity index (χ3v) is 6.26. The van der Waals surface area contributed by atoms with Gasteiger partial charge in [-0.1, -0.05) is 44.2 Å². The minimum absolute atomic E-state index is 0.133. The molecule has 0 aliphatic rings. The Balaban J connectivity index is 2.37. The van der Waals surface area contributed by atoms with E-state index in [0.29, 0.717) is 18.0 Å². The van der Waals surface area contributed by atoms with E-state index in [1.807, 2.05) is 36.6 Å². The van der Waals surface area contributed by atoms with E-state index in [-0.39, 0.29) is 16.8 Å². The molecule has 2 N–H and O–H groups in total. The summed E-state index contributed by atoms with van der Waals surface area (Å²) in [7, 11) is -3.75. The molecule has 0 aliphatic heterocycles. The first-order chi connectivity index (χ1) is 12.7. The number of hydrogen-bond donors (Lipinski definition) is 2. The van der Waals surface area contributed by atoms with Gasteiger partial charge in [0, 0.05) is 17.9 Å². The summed E-state index contributed by atoms with van der Waals surface area (Å²) in [5.74, 6) is 0.0847. The third-order valence-electron chi connectivity index (χ3n) is 4.00. The van der Waals surface area contributed by atoms with E-state index in [9.17, 15) is 13.2 Å². The molecule has 0 heterocycles. The van der Waals surface area contributed by atoms with E-state index in [0.717, 1.165) is 10.5 Å². The van der Waals surface area contributed by atoms with Crippen LogP contribution in [0.5, 0.6) is 0 Å². The molecule has 2 aromatic carbocycles. The van der Waals surface area contributed by atoms with Gasteiger partial charge in [0.2, 0.25) is 15.9 Å². The van der Waals surface area contributed by atoms with E-state index in [2.05, 4.69) is 23.9 Å². The molecule has 1 amide bonds. The van der Waals surface area contributed by atoms with E-state index < -0.39 is 10.0 Å².